The molecule has 3 saturated heterocycles. The Morgan fingerprint density at radius 2 is 1.78 bits per heavy atom. The first kappa shape index (κ1) is 15.1. The van der Waals surface area contributed by atoms with E-state index in [0.29, 0.717) is 0 Å². The van der Waals surface area contributed by atoms with Crippen LogP contribution in [0.5, 0.6) is 0 Å². The Hall–Kier alpha value is -1.49. The lowest BCUT2D eigenvalue weighted by atomic mass is 10.0. The maximum Gasteiger partial charge on any atom is 0.190 e. The molecule has 122 valence electrons. The van der Waals surface area contributed by atoms with E-state index in [1.165, 1.54) is 0 Å². The molecule has 6 heteroatoms. The predicted octanol–water partition coefficient (Wildman–Crippen LogP) is 2.26. The summed E-state index contributed by atoms with van der Waals surface area (Å²) in [4.78, 5) is 0. The largest absolute Gasteiger partial charge is 0.341 e. The van der Waals surface area contributed by atoms with E-state index in [-0.39, 0.29) is 30.8 Å². The molecule has 0 N–H and O–H groups in total. The summed E-state index contributed by atoms with van der Waals surface area (Å²) < 4.78 is 29.7. The van der Waals surface area contributed by atoms with Crippen molar-refractivity contribution in [2.24, 2.45) is 0 Å². The molecule has 1 aromatic rings. The van der Waals surface area contributed by atoms with Crippen molar-refractivity contribution in [2.75, 3.05) is 0 Å². The highest BCUT2D eigenvalue weighted by atomic mass is 16.9. The number of benzene rings is 1. The third kappa shape index (κ3) is 2.65. The van der Waals surface area contributed by atoms with Crippen molar-refractivity contribution in [3.63, 3.8) is 0 Å². The van der Waals surface area contributed by atoms with Crippen LogP contribution in [0.3, 0.4) is 0 Å². The van der Waals surface area contributed by atoms with Crippen LogP contribution in [0, 0.1) is 11.3 Å². The average molecular weight is 317 g/mol. The molecule has 6 atom stereocenters. The quantitative estimate of drug-likeness (QED) is 0.833. The second-order valence-corrected chi connectivity index (χ2v) is 6.45. The van der Waals surface area contributed by atoms with Crippen LogP contribution in [0.2, 0.25) is 0 Å². The van der Waals surface area contributed by atoms with Crippen molar-refractivity contribution in [3.8, 4) is 6.07 Å². The Balaban J connectivity index is 1.60. The zero-order chi connectivity index (χ0) is 16.0. The standard InChI is InChI=1S/C17H19NO5/c1-17(2)22-14-13-12(20-16(14)23-17)11(8-9-18)19-15(21-13)10-6-4-3-5-7-10/h3-7,11-16H,8H2,1-2H3/t11-,12-,13-,14+,15-,16+/m0/s1. The summed E-state index contributed by atoms with van der Waals surface area (Å²) in [6.07, 6.45) is -2.16. The van der Waals surface area contributed by atoms with E-state index >= 15 is 0 Å². The van der Waals surface area contributed by atoms with Crippen LogP contribution in [0.4, 0.5) is 0 Å². The Bertz CT molecular complexity index is 613. The molecule has 3 aliphatic heterocycles. The van der Waals surface area contributed by atoms with Gasteiger partial charge < -0.3 is 23.7 Å². The smallest absolute Gasteiger partial charge is 0.190 e. The second kappa shape index (κ2) is 5.55. The molecular formula is C17H19NO5. The molecule has 0 spiro atoms. The highest BCUT2D eigenvalue weighted by molar-refractivity contribution is 5.17. The summed E-state index contributed by atoms with van der Waals surface area (Å²) in [5.41, 5.74) is 0.913. The molecule has 23 heavy (non-hydrogen) atoms. The van der Waals surface area contributed by atoms with Crippen LogP contribution in [0.25, 0.3) is 0 Å². The highest BCUT2D eigenvalue weighted by Crippen LogP contribution is 2.45. The van der Waals surface area contributed by atoms with E-state index in [1.54, 1.807) is 0 Å². The number of nitriles is 1. The monoisotopic (exact) mass is 317 g/mol. The molecule has 1 aromatic carbocycles. The maximum absolute atomic E-state index is 9.09. The number of fused-ring (bicyclic) bond motifs is 3. The fraction of sp³-hybridized carbons (Fsp3) is 0.588. The molecule has 0 radical (unpaired) electrons. The van der Waals surface area contributed by atoms with Crippen molar-refractivity contribution >= 4 is 0 Å². The number of ether oxygens (including phenoxy) is 5. The van der Waals surface area contributed by atoms with Gasteiger partial charge in [0.15, 0.2) is 18.4 Å². The minimum atomic E-state index is -0.699. The van der Waals surface area contributed by atoms with Gasteiger partial charge in [0.1, 0.15) is 24.4 Å². The molecule has 0 saturated carbocycles. The zero-order valence-electron chi connectivity index (χ0n) is 13.0. The Kier molecular flexibility index (Phi) is 3.63. The zero-order valence-corrected chi connectivity index (χ0v) is 13.0. The lowest BCUT2D eigenvalue weighted by Gasteiger charge is -2.39. The Morgan fingerprint density at radius 1 is 1.00 bits per heavy atom. The molecule has 6 nitrogen and oxygen atoms in total. The number of nitrogens with zero attached hydrogens (tertiary/aromatic N) is 1. The first-order valence-electron chi connectivity index (χ1n) is 7.81. The molecule has 0 amide bonds. The third-order valence-corrected chi connectivity index (χ3v) is 4.34. The van der Waals surface area contributed by atoms with E-state index in [0.717, 1.165) is 5.56 Å². The summed E-state index contributed by atoms with van der Waals surface area (Å²) in [5, 5.41) is 9.09. The summed E-state index contributed by atoms with van der Waals surface area (Å²) in [7, 11) is 0. The van der Waals surface area contributed by atoms with Gasteiger partial charge in [-0.05, 0) is 13.8 Å². The van der Waals surface area contributed by atoms with Gasteiger partial charge >= 0.3 is 0 Å². The van der Waals surface area contributed by atoms with Crippen molar-refractivity contribution in [2.45, 2.75) is 63.1 Å². The first-order valence-corrected chi connectivity index (χ1v) is 7.81. The Morgan fingerprint density at radius 3 is 2.52 bits per heavy atom. The van der Waals surface area contributed by atoms with Crippen LogP contribution in [0.1, 0.15) is 32.1 Å². The van der Waals surface area contributed by atoms with Gasteiger partial charge in [0, 0.05) is 5.56 Å². The summed E-state index contributed by atoms with van der Waals surface area (Å²) in [6, 6.07) is 11.8. The van der Waals surface area contributed by atoms with Crippen LogP contribution in [-0.4, -0.2) is 36.5 Å². The minimum absolute atomic E-state index is 0.233. The van der Waals surface area contributed by atoms with Gasteiger partial charge in [0.25, 0.3) is 0 Å². The van der Waals surface area contributed by atoms with E-state index in [1.807, 2.05) is 44.2 Å². The molecule has 3 heterocycles. The molecule has 3 fully saturated rings. The summed E-state index contributed by atoms with van der Waals surface area (Å²) >= 11 is 0. The maximum atomic E-state index is 9.09. The van der Waals surface area contributed by atoms with Gasteiger partial charge in [-0.3, -0.25) is 0 Å². The topological polar surface area (TPSA) is 69.9 Å². The van der Waals surface area contributed by atoms with Crippen molar-refractivity contribution < 1.29 is 23.7 Å². The summed E-state index contributed by atoms with van der Waals surface area (Å²) in [5.74, 6) is -0.699. The van der Waals surface area contributed by atoms with Gasteiger partial charge in [-0.1, -0.05) is 30.3 Å². The van der Waals surface area contributed by atoms with Gasteiger partial charge in [-0.25, -0.2) is 0 Å². The van der Waals surface area contributed by atoms with Gasteiger partial charge in [-0.15, -0.1) is 0 Å². The van der Waals surface area contributed by atoms with Crippen LogP contribution in [-0.2, 0) is 23.7 Å². The molecular weight excluding hydrogens is 298 g/mol. The van der Waals surface area contributed by atoms with Gasteiger partial charge in [-0.2, -0.15) is 5.26 Å². The van der Waals surface area contributed by atoms with E-state index < -0.39 is 18.4 Å². The molecule has 0 aliphatic carbocycles. The van der Waals surface area contributed by atoms with Crippen LogP contribution >= 0.6 is 0 Å². The predicted molar refractivity (Wildman–Crippen MR) is 77.9 cm³/mol. The SMILES string of the molecule is CC1(C)O[C@H]2O[C@@H]3[C@H](O[C@@H](c4ccccc4)O[C@H]3CC#N)[C@H]2O1. The van der Waals surface area contributed by atoms with E-state index in [2.05, 4.69) is 6.07 Å². The van der Waals surface area contributed by atoms with E-state index in [4.69, 9.17) is 28.9 Å². The van der Waals surface area contributed by atoms with Crippen molar-refractivity contribution in [1.82, 2.24) is 0 Å². The molecule has 0 bridgehead atoms. The summed E-state index contributed by atoms with van der Waals surface area (Å²) in [6.45, 7) is 3.70. The fourth-order valence-corrected chi connectivity index (χ4v) is 3.39. The number of hydrogen-bond donors (Lipinski definition) is 0. The van der Waals surface area contributed by atoms with E-state index in [9.17, 15) is 0 Å². The first-order chi connectivity index (χ1) is 11.1. The number of rotatable bonds is 2. The second-order valence-electron chi connectivity index (χ2n) is 6.45. The Labute approximate surface area is 134 Å². The van der Waals surface area contributed by atoms with Crippen molar-refractivity contribution in [1.29, 1.82) is 5.26 Å². The molecule has 4 rings (SSSR count). The lowest BCUT2D eigenvalue weighted by Crippen LogP contribution is -2.49. The van der Waals surface area contributed by atoms with Gasteiger partial charge in [0.2, 0.25) is 0 Å². The van der Waals surface area contributed by atoms with Crippen LogP contribution in [0.15, 0.2) is 30.3 Å². The minimum Gasteiger partial charge on any atom is -0.341 e. The highest BCUT2D eigenvalue weighted by Gasteiger charge is 2.60. The third-order valence-electron chi connectivity index (χ3n) is 4.34. The molecule has 3 aliphatic rings. The van der Waals surface area contributed by atoms with Crippen LogP contribution < -0.4 is 0 Å². The van der Waals surface area contributed by atoms with Gasteiger partial charge in [0.05, 0.1) is 12.5 Å². The molecule has 0 aromatic heterocycles. The van der Waals surface area contributed by atoms with Crippen molar-refractivity contribution in [3.05, 3.63) is 35.9 Å². The normalized spacial score (nSPS) is 41.1. The molecule has 0 unspecified atom stereocenters. The average Bonchev–Trinajstić information content (AvgIpc) is 3.01. The fourth-order valence-electron chi connectivity index (χ4n) is 3.39. The number of hydrogen-bond acceptors (Lipinski definition) is 6. The lowest BCUT2D eigenvalue weighted by molar-refractivity contribution is -0.308.